The largest absolute Gasteiger partial charge is 0.497 e. The normalized spacial score (nSPS) is 11.8. The summed E-state index contributed by atoms with van der Waals surface area (Å²) in [4.78, 5) is 53.1. The number of benzene rings is 1. The fourth-order valence-electron chi connectivity index (χ4n) is 4.19. The van der Waals surface area contributed by atoms with Crippen molar-refractivity contribution >= 4 is 51.3 Å². The van der Waals surface area contributed by atoms with Gasteiger partial charge in [0.2, 0.25) is 11.8 Å². The molecule has 3 aromatic rings. The number of thiophene rings is 1. The molecule has 2 aromatic heterocycles. The number of rotatable bonds is 13. The van der Waals surface area contributed by atoms with Crippen molar-refractivity contribution in [3.05, 3.63) is 45.8 Å². The summed E-state index contributed by atoms with van der Waals surface area (Å²) < 4.78 is 5.33. The minimum absolute atomic E-state index is 0.101. The Morgan fingerprint density at radius 1 is 1.08 bits per heavy atom. The number of anilines is 1. The van der Waals surface area contributed by atoms with Gasteiger partial charge in [-0.25, -0.2) is 0 Å². The SMILES string of the molecule is COc1ccc2[nH]c(C)c(CC(=O)N[C@@H](CCCCCC(C)=O)C(=O)Nc3ccsc3C(C)=O)c2c1. The number of Topliss-reactive ketones (excluding diaryl/α,β-unsaturated/α-hetero) is 2. The van der Waals surface area contributed by atoms with Gasteiger partial charge in [0.15, 0.2) is 5.78 Å². The third-order valence-corrected chi connectivity index (χ3v) is 7.10. The van der Waals surface area contributed by atoms with Gasteiger partial charge in [0.25, 0.3) is 0 Å². The highest BCUT2D eigenvalue weighted by atomic mass is 32.1. The number of carbonyl (C=O) groups excluding carboxylic acids is 4. The lowest BCUT2D eigenvalue weighted by Gasteiger charge is -2.19. The molecule has 192 valence electrons. The first-order valence-electron chi connectivity index (χ1n) is 12.0. The number of ether oxygens (including phenoxy) is 1. The summed E-state index contributed by atoms with van der Waals surface area (Å²) in [6, 6.07) is 6.57. The molecule has 9 heteroatoms. The maximum Gasteiger partial charge on any atom is 0.246 e. The van der Waals surface area contributed by atoms with Crippen molar-refractivity contribution < 1.29 is 23.9 Å². The zero-order valence-electron chi connectivity index (χ0n) is 21.2. The third-order valence-electron chi connectivity index (χ3n) is 6.08. The fraction of sp³-hybridized carbons (Fsp3) is 0.407. The van der Waals surface area contributed by atoms with E-state index in [4.69, 9.17) is 4.74 Å². The van der Waals surface area contributed by atoms with E-state index < -0.39 is 6.04 Å². The summed E-state index contributed by atoms with van der Waals surface area (Å²) in [5.41, 5.74) is 3.08. The number of nitrogens with one attached hydrogen (secondary N) is 3. The summed E-state index contributed by atoms with van der Waals surface area (Å²) in [6.45, 7) is 4.93. The maximum absolute atomic E-state index is 13.1. The second-order valence-electron chi connectivity index (χ2n) is 8.95. The highest BCUT2D eigenvalue weighted by Crippen LogP contribution is 2.27. The average Bonchev–Trinajstić information content (AvgIpc) is 3.41. The molecule has 0 aliphatic rings. The quantitative estimate of drug-likeness (QED) is 0.222. The molecule has 0 fully saturated rings. The van der Waals surface area contributed by atoms with Crippen LogP contribution in [0.4, 0.5) is 5.69 Å². The number of carbonyl (C=O) groups is 4. The number of hydrogen-bond acceptors (Lipinski definition) is 6. The second-order valence-corrected chi connectivity index (χ2v) is 9.86. The molecule has 0 saturated carbocycles. The van der Waals surface area contributed by atoms with Crippen LogP contribution in [0.25, 0.3) is 10.9 Å². The molecular formula is C27H33N3O5S. The van der Waals surface area contributed by atoms with Crippen LogP contribution < -0.4 is 15.4 Å². The molecule has 0 aliphatic heterocycles. The Kier molecular flexibility index (Phi) is 9.41. The van der Waals surface area contributed by atoms with Crippen LogP contribution in [0.1, 0.15) is 66.9 Å². The van der Waals surface area contributed by atoms with Crippen molar-refractivity contribution in [3.63, 3.8) is 0 Å². The Morgan fingerprint density at radius 3 is 2.56 bits per heavy atom. The lowest BCUT2D eigenvalue weighted by atomic mass is 10.0. The first-order valence-corrected chi connectivity index (χ1v) is 12.9. The lowest BCUT2D eigenvalue weighted by molar-refractivity contribution is -0.126. The molecule has 0 aliphatic carbocycles. The molecule has 2 heterocycles. The van der Waals surface area contributed by atoms with E-state index in [0.29, 0.717) is 35.6 Å². The van der Waals surface area contributed by atoms with Crippen molar-refractivity contribution in [1.82, 2.24) is 10.3 Å². The monoisotopic (exact) mass is 511 g/mol. The Balaban J connectivity index is 1.73. The van der Waals surface area contributed by atoms with E-state index in [2.05, 4.69) is 15.6 Å². The van der Waals surface area contributed by atoms with E-state index in [1.54, 1.807) is 25.5 Å². The minimum Gasteiger partial charge on any atom is -0.497 e. The zero-order chi connectivity index (χ0) is 26.2. The Labute approximate surface area is 214 Å². The van der Waals surface area contributed by atoms with E-state index in [1.165, 1.54) is 18.3 Å². The topological polar surface area (TPSA) is 117 Å². The van der Waals surface area contributed by atoms with Gasteiger partial charge in [0.1, 0.15) is 17.6 Å². The van der Waals surface area contributed by atoms with Crippen molar-refractivity contribution in [2.45, 2.75) is 65.3 Å². The number of amides is 2. The number of aromatic nitrogens is 1. The van der Waals surface area contributed by atoms with Crippen LogP contribution >= 0.6 is 11.3 Å². The second kappa shape index (κ2) is 12.5. The van der Waals surface area contributed by atoms with Gasteiger partial charge >= 0.3 is 0 Å². The first kappa shape index (κ1) is 27.1. The standard InChI is InChI=1S/C27H33N3O5S/c1-16(31)8-6-5-7-9-24(27(34)30-23-12-13-36-26(23)18(3)32)29-25(33)15-20-17(2)28-22-11-10-19(35-4)14-21(20)22/h10-14,24,28H,5-9,15H2,1-4H3,(H,29,33)(H,30,34)/t24-/m0/s1. The van der Waals surface area contributed by atoms with Crippen LogP contribution in [0, 0.1) is 6.92 Å². The number of H-pyrrole nitrogens is 1. The fourth-order valence-corrected chi connectivity index (χ4v) is 4.94. The van der Waals surface area contributed by atoms with Crippen LogP contribution in [0.15, 0.2) is 29.6 Å². The predicted molar refractivity (Wildman–Crippen MR) is 142 cm³/mol. The average molecular weight is 512 g/mol. The van der Waals surface area contributed by atoms with E-state index in [-0.39, 0.29) is 29.8 Å². The number of hydrogen-bond donors (Lipinski definition) is 3. The molecule has 36 heavy (non-hydrogen) atoms. The van der Waals surface area contributed by atoms with Gasteiger partial charge in [-0.2, -0.15) is 0 Å². The minimum atomic E-state index is -0.769. The van der Waals surface area contributed by atoms with Crippen LogP contribution in [0.3, 0.4) is 0 Å². The molecule has 3 N–H and O–H groups in total. The van der Waals surface area contributed by atoms with E-state index in [1.807, 2.05) is 25.1 Å². The molecule has 0 spiro atoms. The van der Waals surface area contributed by atoms with Gasteiger partial charge in [-0.15, -0.1) is 11.3 Å². The van der Waals surface area contributed by atoms with Crippen molar-refractivity contribution in [3.8, 4) is 5.75 Å². The predicted octanol–water partition coefficient (Wildman–Crippen LogP) is 4.95. The van der Waals surface area contributed by atoms with Crippen LogP contribution in [-0.4, -0.2) is 41.5 Å². The molecule has 1 aromatic carbocycles. The smallest absolute Gasteiger partial charge is 0.246 e. The highest BCUT2D eigenvalue weighted by molar-refractivity contribution is 7.12. The van der Waals surface area contributed by atoms with Gasteiger partial charge in [-0.3, -0.25) is 14.4 Å². The Morgan fingerprint density at radius 2 is 1.86 bits per heavy atom. The molecule has 0 radical (unpaired) electrons. The molecular weight excluding hydrogens is 478 g/mol. The zero-order valence-corrected chi connectivity index (χ0v) is 22.0. The van der Waals surface area contributed by atoms with Crippen LogP contribution in [0.2, 0.25) is 0 Å². The number of unbranched alkanes of at least 4 members (excludes halogenated alkanes) is 2. The highest BCUT2D eigenvalue weighted by Gasteiger charge is 2.23. The van der Waals surface area contributed by atoms with E-state index in [9.17, 15) is 19.2 Å². The van der Waals surface area contributed by atoms with Crippen molar-refractivity contribution in [2.75, 3.05) is 12.4 Å². The number of aromatic amines is 1. The van der Waals surface area contributed by atoms with Gasteiger partial charge in [0, 0.05) is 29.9 Å². The number of methoxy groups -OCH3 is 1. The molecule has 0 bridgehead atoms. The summed E-state index contributed by atoms with van der Waals surface area (Å²) >= 11 is 1.26. The molecule has 0 saturated heterocycles. The van der Waals surface area contributed by atoms with Crippen molar-refractivity contribution in [2.24, 2.45) is 0 Å². The summed E-state index contributed by atoms with van der Waals surface area (Å²) in [7, 11) is 1.59. The summed E-state index contributed by atoms with van der Waals surface area (Å²) in [5.74, 6) is 0.0619. The molecule has 0 unspecified atom stereocenters. The summed E-state index contributed by atoms with van der Waals surface area (Å²) in [5, 5.41) is 8.35. The van der Waals surface area contributed by atoms with Gasteiger partial charge in [-0.05, 0) is 61.9 Å². The number of aryl methyl sites for hydroxylation is 1. The molecule has 8 nitrogen and oxygen atoms in total. The van der Waals surface area contributed by atoms with Crippen LogP contribution in [0.5, 0.6) is 5.75 Å². The number of ketones is 2. The van der Waals surface area contributed by atoms with E-state index >= 15 is 0 Å². The number of fused-ring (bicyclic) bond motifs is 1. The summed E-state index contributed by atoms with van der Waals surface area (Å²) in [6.07, 6.45) is 3.23. The van der Waals surface area contributed by atoms with Gasteiger partial charge in [0.05, 0.1) is 24.1 Å². The van der Waals surface area contributed by atoms with Crippen LogP contribution in [-0.2, 0) is 20.8 Å². The lowest BCUT2D eigenvalue weighted by Crippen LogP contribution is -2.44. The van der Waals surface area contributed by atoms with Gasteiger partial charge in [-0.1, -0.05) is 12.8 Å². The molecule has 1 atom stereocenters. The first-order chi connectivity index (χ1) is 17.2. The van der Waals surface area contributed by atoms with Gasteiger partial charge < -0.3 is 25.1 Å². The van der Waals surface area contributed by atoms with E-state index in [0.717, 1.165) is 35.0 Å². The Hall–Kier alpha value is -3.46. The molecule has 2 amide bonds. The third kappa shape index (κ3) is 7.04. The maximum atomic E-state index is 13.1. The Bertz CT molecular complexity index is 1260. The van der Waals surface area contributed by atoms with Crippen molar-refractivity contribution in [1.29, 1.82) is 0 Å². The molecule has 3 rings (SSSR count).